The van der Waals surface area contributed by atoms with Crippen LogP contribution in [0.1, 0.15) is 37.4 Å². The zero-order chi connectivity index (χ0) is 21.3. The summed E-state index contributed by atoms with van der Waals surface area (Å²) in [5.41, 5.74) is 4.30. The predicted molar refractivity (Wildman–Crippen MR) is 115 cm³/mol. The zero-order valence-electron chi connectivity index (χ0n) is 16.9. The van der Waals surface area contributed by atoms with Crippen molar-refractivity contribution < 1.29 is 14.4 Å². The van der Waals surface area contributed by atoms with Crippen molar-refractivity contribution in [2.24, 2.45) is 0 Å². The predicted octanol–water partition coefficient (Wildman–Crippen LogP) is 4.15. The number of fused-ring (bicyclic) bond motifs is 1. The average molecular weight is 398 g/mol. The summed E-state index contributed by atoms with van der Waals surface area (Å²) in [6, 6.07) is 20.9. The second kappa shape index (κ2) is 7.95. The molecule has 5 heteroatoms. The minimum atomic E-state index is -0.958. The molecule has 1 heterocycles. The molecular weight excluding hydrogens is 376 g/mol. The third-order valence-corrected chi connectivity index (χ3v) is 5.27. The fraction of sp³-hybridized carbons (Fsp3) is 0.160. The Kier molecular flexibility index (Phi) is 5.19. The van der Waals surface area contributed by atoms with Crippen LogP contribution in [0, 0.1) is 13.8 Å². The summed E-state index contributed by atoms with van der Waals surface area (Å²) in [5.74, 6) is -1.27. The number of benzene rings is 3. The van der Waals surface area contributed by atoms with Crippen molar-refractivity contribution in [3.63, 3.8) is 0 Å². The summed E-state index contributed by atoms with van der Waals surface area (Å²) in [5, 5.41) is 2.86. The number of imide groups is 1. The number of anilines is 1. The standard InChI is InChI=1S/C25H22N2O3/c1-16-10-12-19(13-11-16)26-23(28)22(15-18-7-5-6-17(2)14-18)27-24(29)20-8-3-4-9-21(20)25(27)30/h3-14,22H,15H2,1-2H3,(H,26,28). The van der Waals surface area contributed by atoms with E-state index < -0.39 is 23.8 Å². The van der Waals surface area contributed by atoms with Crippen molar-refractivity contribution in [2.45, 2.75) is 26.3 Å². The van der Waals surface area contributed by atoms with E-state index in [-0.39, 0.29) is 6.42 Å². The summed E-state index contributed by atoms with van der Waals surface area (Å²) in [7, 11) is 0. The molecule has 30 heavy (non-hydrogen) atoms. The molecule has 0 bridgehead atoms. The largest absolute Gasteiger partial charge is 0.324 e. The molecule has 1 aliphatic rings. The fourth-order valence-corrected chi connectivity index (χ4v) is 3.72. The van der Waals surface area contributed by atoms with Crippen LogP contribution in [0.15, 0.2) is 72.8 Å². The van der Waals surface area contributed by atoms with Crippen LogP contribution in [-0.4, -0.2) is 28.7 Å². The lowest BCUT2D eigenvalue weighted by atomic mass is 10.0. The molecule has 0 radical (unpaired) electrons. The first-order valence-electron chi connectivity index (χ1n) is 9.84. The van der Waals surface area contributed by atoms with Crippen LogP contribution in [0.3, 0.4) is 0 Å². The minimum absolute atomic E-state index is 0.241. The van der Waals surface area contributed by atoms with E-state index in [1.54, 1.807) is 36.4 Å². The Morgan fingerprint density at radius 3 is 2.07 bits per heavy atom. The molecule has 150 valence electrons. The number of hydrogen-bond donors (Lipinski definition) is 1. The lowest BCUT2D eigenvalue weighted by Crippen LogP contribution is -2.48. The van der Waals surface area contributed by atoms with E-state index in [0.717, 1.165) is 21.6 Å². The van der Waals surface area contributed by atoms with Crippen molar-refractivity contribution in [1.29, 1.82) is 0 Å². The summed E-state index contributed by atoms with van der Waals surface area (Å²) >= 11 is 0. The number of hydrogen-bond acceptors (Lipinski definition) is 3. The van der Waals surface area contributed by atoms with Gasteiger partial charge in [-0.05, 0) is 43.7 Å². The van der Waals surface area contributed by atoms with E-state index in [4.69, 9.17) is 0 Å². The summed E-state index contributed by atoms with van der Waals surface area (Å²) in [6.07, 6.45) is 0.241. The number of carbonyl (C=O) groups is 3. The molecule has 1 unspecified atom stereocenters. The number of aryl methyl sites for hydroxylation is 2. The van der Waals surface area contributed by atoms with Crippen LogP contribution in [0.25, 0.3) is 0 Å². The molecule has 0 saturated carbocycles. The smallest absolute Gasteiger partial charge is 0.262 e. The highest BCUT2D eigenvalue weighted by molar-refractivity contribution is 6.23. The highest BCUT2D eigenvalue weighted by atomic mass is 16.2. The second-order valence-corrected chi connectivity index (χ2v) is 7.59. The van der Waals surface area contributed by atoms with E-state index in [1.165, 1.54) is 0 Å². The van der Waals surface area contributed by atoms with Crippen LogP contribution >= 0.6 is 0 Å². The molecule has 3 aromatic rings. The fourth-order valence-electron chi connectivity index (χ4n) is 3.72. The van der Waals surface area contributed by atoms with Gasteiger partial charge in [0.15, 0.2) is 0 Å². The number of nitrogens with zero attached hydrogens (tertiary/aromatic N) is 1. The van der Waals surface area contributed by atoms with Gasteiger partial charge < -0.3 is 5.32 Å². The van der Waals surface area contributed by atoms with E-state index >= 15 is 0 Å². The van der Waals surface area contributed by atoms with E-state index in [1.807, 2.05) is 50.2 Å². The van der Waals surface area contributed by atoms with Crippen LogP contribution in [-0.2, 0) is 11.2 Å². The molecule has 0 aromatic heterocycles. The van der Waals surface area contributed by atoms with Gasteiger partial charge in [0.1, 0.15) is 6.04 Å². The quantitative estimate of drug-likeness (QED) is 0.657. The van der Waals surface area contributed by atoms with Crippen molar-refractivity contribution in [2.75, 3.05) is 5.32 Å². The monoisotopic (exact) mass is 398 g/mol. The van der Waals surface area contributed by atoms with E-state index in [9.17, 15) is 14.4 Å². The summed E-state index contributed by atoms with van der Waals surface area (Å²) in [6.45, 7) is 3.93. The Labute approximate surface area is 175 Å². The maximum Gasteiger partial charge on any atom is 0.262 e. The topological polar surface area (TPSA) is 66.5 Å². The molecule has 0 spiro atoms. The molecule has 3 amide bonds. The molecule has 1 atom stereocenters. The average Bonchev–Trinajstić information content (AvgIpc) is 2.99. The number of rotatable bonds is 5. The number of amides is 3. The zero-order valence-corrected chi connectivity index (χ0v) is 16.9. The van der Waals surface area contributed by atoms with E-state index in [0.29, 0.717) is 16.8 Å². The lowest BCUT2D eigenvalue weighted by molar-refractivity contribution is -0.119. The molecular formula is C25H22N2O3. The van der Waals surface area contributed by atoms with Gasteiger partial charge in [-0.3, -0.25) is 19.3 Å². The first-order valence-corrected chi connectivity index (χ1v) is 9.84. The van der Waals surface area contributed by atoms with Crippen LogP contribution in [0.4, 0.5) is 5.69 Å². The maximum absolute atomic E-state index is 13.3. The SMILES string of the molecule is Cc1ccc(NC(=O)C(Cc2cccc(C)c2)N2C(=O)c3ccccc3C2=O)cc1. The van der Waals surface area contributed by atoms with E-state index in [2.05, 4.69) is 5.32 Å². The third-order valence-electron chi connectivity index (χ3n) is 5.27. The van der Waals surface area contributed by atoms with Gasteiger partial charge in [0, 0.05) is 12.1 Å². The summed E-state index contributed by atoms with van der Waals surface area (Å²) in [4.78, 5) is 40.4. The Morgan fingerprint density at radius 1 is 0.833 bits per heavy atom. The van der Waals surface area contributed by atoms with Gasteiger partial charge in [0.25, 0.3) is 11.8 Å². The second-order valence-electron chi connectivity index (χ2n) is 7.59. The lowest BCUT2D eigenvalue weighted by Gasteiger charge is -2.25. The normalized spacial score (nSPS) is 13.9. The van der Waals surface area contributed by atoms with Gasteiger partial charge >= 0.3 is 0 Å². The Morgan fingerprint density at radius 2 is 1.47 bits per heavy atom. The molecule has 5 nitrogen and oxygen atoms in total. The molecule has 1 aliphatic heterocycles. The molecule has 3 aromatic carbocycles. The molecule has 4 rings (SSSR count). The van der Waals surface area contributed by atoms with Gasteiger partial charge in [-0.25, -0.2) is 0 Å². The van der Waals surface area contributed by atoms with Gasteiger partial charge in [-0.15, -0.1) is 0 Å². The van der Waals surface area contributed by atoms with Crippen LogP contribution < -0.4 is 5.32 Å². The summed E-state index contributed by atoms with van der Waals surface area (Å²) < 4.78 is 0. The van der Waals surface area contributed by atoms with Gasteiger partial charge in [0.05, 0.1) is 11.1 Å². The van der Waals surface area contributed by atoms with Crippen molar-refractivity contribution in [3.05, 3.63) is 101 Å². The Hall–Kier alpha value is -3.73. The van der Waals surface area contributed by atoms with Crippen molar-refractivity contribution >= 4 is 23.4 Å². The molecule has 1 N–H and O–H groups in total. The maximum atomic E-state index is 13.3. The van der Waals surface area contributed by atoms with Crippen LogP contribution in [0.2, 0.25) is 0 Å². The highest BCUT2D eigenvalue weighted by Crippen LogP contribution is 2.27. The molecule has 0 saturated heterocycles. The number of carbonyl (C=O) groups excluding carboxylic acids is 3. The Balaban J connectivity index is 1.68. The van der Waals surface area contributed by atoms with Gasteiger partial charge in [0.2, 0.25) is 5.91 Å². The van der Waals surface area contributed by atoms with Gasteiger partial charge in [-0.1, -0.05) is 59.7 Å². The Bertz CT molecular complexity index is 1100. The number of nitrogens with one attached hydrogen (secondary N) is 1. The van der Waals surface area contributed by atoms with Crippen molar-refractivity contribution in [1.82, 2.24) is 4.90 Å². The first kappa shape index (κ1) is 19.6. The van der Waals surface area contributed by atoms with Crippen molar-refractivity contribution in [3.8, 4) is 0 Å². The third kappa shape index (κ3) is 3.74. The molecule has 0 fully saturated rings. The minimum Gasteiger partial charge on any atom is -0.324 e. The molecule has 0 aliphatic carbocycles. The van der Waals surface area contributed by atoms with Gasteiger partial charge in [-0.2, -0.15) is 0 Å². The first-order chi connectivity index (χ1) is 14.4. The van der Waals surface area contributed by atoms with Crippen LogP contribution in [0.5, 0.6) is 0 Å². The highest BCUT2D eigenvalue weighted by Gasteiger charge is 2.42.